The molecule has 0 aromatic carbocycles. The second kappa shape index (κ2) is 8.22. The van der Waals surface area contributed by atoms with Gasteiger partial charge in [0.05, 0.1) is 0 Å². The van der Waals surface area contributed by atoms with Crippen molar-refractivity contribution >= 4 is 26.1 Å². The molecule has 0 aromatic heterocycles. The topological polar surface area (TPSA) is 36.9 Å². The summed E-state index contributed by atoms with van der Waals surface area (Å²) in [5, 5.41) is 0.471. The highest BCUT2D eigenvalue weighted by Crippen LogP contribution is 2.18. The van der Waals surface area contributed by atoms with Crippen molar-refractivity contribution in [2.24, 2.45) is 0 Å². The van der Waals surface area contributed by atoms with Gasteiger partial charge in [-0.1, -0.05) is 0 Å². The SMILES string of the molecule is CC(=S)OC[Si](OC(C)C)(OC(C)C)OC(C)C. The van der Waals surface area contributed by atoms with Crippen LogP contribution >= 0.6 is 12.2 Å². The van der Waals surface area contributed by atoms with Crippen LogP contribution in [0.3, 0.4) is 0 Å². The summed E-state index contributed by atoms with van der Waals surface area (Å²) in [7, 11) is -2.86. The summed E-state index contributed by atoms with van der Waals surface area (Å²) in [6.45, 7) is 13.5. The predicted octanol–water partition coefficient (Wildman–Crippen LogP) is 3.10. The molecule has 0 aliphatic heterocycles. The molecule has 0 saturated heterocycles. The van der Waals surface area contributed by atoms with E-state index in [2.05, 4.69) is 0 Å². The zero-order chi connectivity index (χ0) is 14.3. The third-order valence-electron chi connectivity index (χ3n) is 1.70. The largest absolute Gasteiger partial charge is 0.541 e. The van der Waals surface area contributed by atoms with Gasteiger partial charge in [-0.05, 0) is 53.8 Å². The van der Waals surface area contributed by atoms with Crippen molar-refractivity contribution in [3.63, 3.8) is 0 Å². The van der Waals surface area contributed by atoms with Crippen LogP contribution in [0.25, 0.3) is 0 Å². The summed E-state index contributed by atoms with van der Waals surface area (Å²) in [6, 6.07) is 0. The van der Waals surface area contributed by atoms with E-state index in [9.17, 15) is 0 Å². The molecule has 0 aromatic rings. The van der Waals surface area contributed by atoms with Crippen LogP contribution in [-0.4, -0.2) is 38.4 Å². The molecule has 6 heteroatoms. The van der Waals surface area contributed by atoms with Gasteiger partial charge in [0.25, 0.3) is 0 Å². The van der Waals surface area contributed by atoms with E-state index in [1.54, 1.807) is 6.92 Å². The summed E-state index contributed by atoms with van der Waals surface area (Å²) >= 11 is 4.94. The van der Waals surface area contributed by atoms with Gasteiger partial charge in [-0.25, -0.2) is 0 Å². The fourth-order valence-corrected chi connectivity index (χ4v) is 4.54. The van der Waals surface area contributed by atoms with Gasteiger partial charge in [0.15, 0.2) is 11.3 Å². The maximum Gasteiger partial charge on any atom is 0.541 e. The molecule has 0 spiro atoms. The molecule has 0 unspecified atom stereocenters. The summed E-state index contributed by atoms with van der Waals surface area (Å²) in [5.74, 6) is 0. The van der Waals surface area contributed by atoms with Crippen LogP contribution in [0.4, 0.5) is 0 Å². The van der Waals surface area contributed by atoms with E-state index in [1.165, 1.54) is 0 Å². The van der Waals surface area contributed by atoms with Crippen molar-refractivity contribution in [2.75, 3.05) is 6.23 Å². The van der Waals surface area contributed by atoms with Gasteiger partial charge in [0.1, 0.15) is 0 Å². The first-order valence-electron chi connectivity index (χ1n) is 6.33. The number of hydrogen-bond donors (Lipinski definition) is 0. The Labute approximate surface area is 117 Å². The highest BCUT2D eigenvalue weighted by molar-refractivity contribution is 7.80. The molecule has 0 bridgehead atoms. The quantitative estimate of drug-likeness (QED) is 0.508. The molecule has 0 heterocycles. The number of thiocarbonyl (C=S) groups is 1. The van der Waals surface area contributed by atoms with E-state index in [0.717, 1.165) is 0 Å². The standard InChI is InChI=1S/C12H26O4SSi/c1-9(2)14-18(15-10(3)4,16-11(5)6)8-13-12(7)17/h9-11H,8H2,1-7H3. The van der Waals surface area contributed by atoms with Crippen molar-refractivity contribution in [2.45, 2.75) is 66.8 Å². The minimum Gasteiger partial charge on any atom is -0.483 e. The molecular weight excluding hydrogens is 268 g/mol. The van der Waals surface area contributed by atoms with Gasteiger partial charge in [-0.3, -0.25) is 0 Å². The van der Waals surface area contributed by atoms with Crippen LogP contribution in [-0.2, 0) is 18.0 Å². The van der Waals surface area contributed by atoms with Crippen LogP contribution in [0.2, 0.25) is 0 Å². The molecule has 0 fully saturated rings. The van der Waals surface area contributed by atoms with Crippen LogP contribution in [0.1, 0.15) is 48.5 Å². The van der Waals surface area contributed by atoms with Crippen molar-refractivity contribution in [3.05, 3.63) is 0 Å². The van der Waals surface area contributed by atoms with Gasteiger partial charge in [-0.15, -0.1) is 0 Å². The highest BCUT2D eigenvalue weighted by atomic mass is 32.1. The molecule has 0 atom stereocenters. The van der Waals surface area contributed by atoms with E-state index in [4.69, 9.17) is 30.2 Å². The summed E-state index contributed by atoms with van der Waals surface area (Å²) in [6.07, 6.45) is 0.311. The monoisotopic (exact) mass is 294 g/mol. The second-order valence-corrected chi connectivity index (χ2v) is 7.90. The lowest BCUT2D eigenvalue weighted by molar-refractivity contribution is -0.00949. The molecule has 0 rings (SSSR count). The van der Waals surface area contributed by atoms with Gasteiger partial charge >= 0.3 is 8.80 Å². The van der Waals surface area contributed by atoms with Crippen molar-refractivity contribution in [1.82, 2.24) is 0 Å². The zero-order valence-corrected chi connectivity index (χ0v) is 14.3. The fraction of sp³-hybridized carbons (Fsp3) is 0.917. The molecule has 0 amide bonds. The molecule has 18 heavy (non-hydrogen) atoms. The van der Waals surface area contributed by atoms with E-state index in [0.29, 0.717) is 5.05 Å². The molecule has 108 valence electrons. The molecule has 0 N–H and O–H groups in total. The van der Waals surface area contributed by atoms with Gasteiger partial charge in [0.2, 0.25) is 0 Å². The highest BCUT2D eigenvalue weighted by Gasteiger charge is 2.45. The maximum absolute atomic E-state index is 5.92. The van der Waals surface area contributed by atoms with Crippen LogP contribution in [0, 0.1) is 0 Å². The Balaban J connectivity index is 4.91. The zero-order valence-electron chi connectivity index (χ0n) is 12.5. The lowest BCUT2D eigenvalue weighted by Crippen LogP contribution is -2.55. The summed E-state index contributed by atoms with van der Waals surface area (Å²) < 4.78 is 23.2. The lowest BCUT2D eigenvalue weighted by atomic mass is 10.5. The predicted molar refractivity (Wildman–Crippen MR) is 78.6 cm³/mol. The van der Waals surface area contributed by atoms with Gasteiger partial charge in [-0.2, -0.15) is 0 Å². The Hall–Kier alpha value is -0.0131. The first kappa shape index (κ1) is 18.0. The van der Waals surface area contributed by atoms with Crippen molar-refractivity contribution < 1.29 is 18.0 Å². The Morgan fingerprint density at radius 3 is 1.44 bits per heavy atom. The summed E-state index contributed by atoms with van der Waals surface area (Å²) in [5.41, 5.74) is 0. The first-order chi connectivity index (χ1) is 8.17. The molecule has 0 aliphatic carbocycles. The normalized spacial score (nSPS) is 12.6. The van der Waals surface area contributed by atoms with E-state index >= 15 is 0 Å². The summed E-state index contributed by atoms with van der Waals surface area (Å²) in [4.78, 5) is 0. The number of rotatable bonds is 8. The number of ether oxygens (including phenoxy) is 1. The average molecular weight is 294 g/mol. The van der Waals surface area contributed by atoms with Gasteiger partial charge < -0.3 is 18.0 Å². The first-order valence-corrected chi connectivity index (χ1v) is 8.67. The molecule has 0 radical (unpaired) electrons. The van der Waals surface area contributed by atoms with Crippen LogP contribution < -0.4 is 0 Å². The Morgan fingerprint density at radius 1 is 0.889 bits per heavy atom. The van der Waals surface area contributed by atoms with Crippen LogP contribution in [0.15, 0.2) is 0 Å². The fourth-order valence-electron chi connectivity index (χ4n) is 1.45. The maximum atomic E-state index is 5.92. The molecule has 4 nitrogen and oxygen atoms in total. The van der Waals surface area contributed by atoms with E-state index < -0.39 is 8.80 Å². The third-order valence-corrected chi connectivity index (χ3v) is 4.81. The minimum absolute atomic E-state index is 0.0168. The Bertz CT molecular complexity index is 230. The third kappa shape index (κ3) is 8.15. The second-order valence-electron chi connectivity index (χ2n) is 4.96. The molecule has 0 saturated carbocycles. The van der Waals surface area contributed by atoms with E-state index in [1.807, 2.05) is 41.5 Å². The molecule has 0 aliphatic rings. The Kier molecular flexibility index (Phi) is 8.21. The average Bonchev–Trinajstić information content (AvgIpc) is 2.11. The van der Waals surface area contributed by atoms with Crippen molar-refractivity contribution in [1.29, 1.82) is 0 Å². The molecular formula is C12H26O4SSi. The van der Waals surface area contributed by atoms with Gasteiger partial charge in [0, 0.05) is 25.2 Å². The van der Waals surface area contributed by atoms with Crippen LogP contribution in [0.5, 0.6) is 0 Å². The Morgan fingerprint density at radius 2 is 1.22 bits per heavy atom. The van der Waals surface area contributed by atoms with E-state index in [-0.39, 0.29) is 24.5 Å². The smallest absolute Gasteiger partial charge is 0.483 e. The van der Waals surface area contributed by atoms with Crippen molar-refractivity contribution in [3.8, 4) is 0 Å². The number of hydrogen-bond acceptors (Lipinski definition) is 5. The minimum atomic E-state index is -2.86. The lowest BCUT2D eigenvalue weighted by Gasteiger charge is -2.33.